The molecule has 28 aromatic rings. The van der Waals surface area contributed by atoms with E-state index in [1.54, 1.807) is 11.3 Å². The monoisotopic (exact) mass is 1920 g/mol. The van der Waals surface area contributed by atoms with Crippen molar-refractivity contribution in [1.82, 2.24) is 44.9 Å². The Kier molecular flexibility index (Phi) is 17.8. The number of fused-ring (bicyclic) bond motifs is 16. The quantitative estimate of drug-likeness (QED) is 0.114. The van der Waals surface area contributed by atoms with E-state index >= 15 is 0 Å². The van der Waals surface area contributed by atoms with Gasteiger partial charge in [-0.15, -0.1) is 11.3 Å². The van der Waals surface area contributed by atoms with Crippen molar-refractivity contribution in [3.63, 3.8) is 0 Å². The molecular formula is C133H80N12O2S. The molecule has 0 amide bonds. The van der Waals surface area contributed by atoms with Crippen LogP contribution in [0.3, 0.4) is 0 Å². The maximum absolute atomic E-state index is 8.78. The lowest BCUT2D eigenvalue weighted by Crippen LogP contribution is -2.15. The van der Waals surface area contributed by atoms with Crippen LogP contribution in [0, 0.1) is 0 Å². The van der Waals surface area contributed by atoms with Gasteiger partial charge in [-0.3, -0.25) is 0 Å². The Morgan fingerprint density at radius 2 is 0.568 bits per heavy atom. The zero-order chi connectivity index (χ0) is 106. The molecule has 0 bridgehead atoms. The Morgan fingerprint density at radius 1 is 0.189 bits per heavy atom. The molecule has 0 saturated carbocycles. The van der Waals surface area contributed by atoms with Gasteiger partial charge in [0.05, 0.1) is 59.1 Å². The smallest absolute Gasteiger partial charge is 0.167 e. The van der Waals surface area contributed by atoms with Gasteiger partial charge in [0.1, 0.15) is 22.3 Å². The number of nitrogens with zero attached hydrogens (tertiary/aromatic N) is 12. The lowest BCUT2D eigenvalue weighted by atomic mass is 9.90. The zero-order valence-electron chi connectivity index (χ0n) is 88.5. The third kappa shape index (κ3) is 14.3. The molecule has 15 heteroatoms. The maximum Gasteiger partial charge on any atom is 0.167 e. The molecule has 0 spiro atoms. The third-order valence-electron chi connectivity index (χ3n) is 28.1. The molecule has 22 aromatic carbocycles. The predicted octanol–water partition coefficient (Wildman–Crippen LogP) is 35.7. The van der Waals surface area contributed by atoms with Gasteiger partial charge >= 0.3 is 0 Å². The van der Waals surface area contributed by atoms with E-state index in [1.165, 1.54) is 59.6 Å². The first-order chi connectivity index (χ1) is 77.5. The maximum atomic E-state index is 8.78. The highest BCUT2D eigenvalue weighted by atomic mass is 32.1. The Hall–Kier alpha value is -19.9. The average molecular weight is 1920 g/mol. The number of hydrogen-bond acceptors (Lipinski definition) is 15. The zero-order valence-corrected chi connectivity index (χ0v) is 79.3. The number of anilines is 9. The van der Waals surface area contributed by atoms with Crippen LogP contribution < -0.4 is 14.7 Å². The van der Waals surface area contributed by atoms with Gasteiger partial charge in [0.2, 0.25) is 0 Å². The van der Waals surface area contributed by atoms with Crippen LogP contribution in [0.4, 0.5) is 51.2 Å². The summed E-state index contributed by atoms with van der Waals surface area (Å²) >= 11 is 1.68. The lowest BCUT2D eigenvalue weighted by Gasteiger charge is -2.34. The van der Waals surface area contributed by atoms with Gasteiger partial charge in [-0.1, -0.05) is 364 Å². The van der Waals surface area contributed by atoms with E-state index in [9.17, 15) is 0 Å². The number of thiophene rings is 1. The molecule has 690 valence electrons. The number of furan rings is 2. The van der Waals surface area contributed by atoms with Gasteiger partial charge in [0, 0.05) is 136 Å². The number of rotatable bonds is 12. The predicted molar refractivity (Wildman–Crippen MR) is 607 cm³/mol. The highest BCUT2D eigenvalue weighted by molar-refractivity contribution is 7.25. The molecule has 0 atom stereocenters. The van der Waals surface area contributed by atoms with Crippen molar-refractivity contribution in [2.24, 2.45) is 0 Å². The third-order valence-corrected chi connectivity index (χ3v) is 29.2. The minimum absolute atomic E-state index is 0.00996. The SMILES string of the molecule is [2H]c1c([2H])c([2H])c(-c2nc(-c3ccc(N4c5ccccc5-c5cccc6cccc4c56)cc3)nc(-c3ccc4c(c3)sc3ccccc34)n2)c([2H])c1[2H].[2H]c1c([2H])c([2H])c(-c2nc(-c3cccc(N4c5ccccc5-c5cccc6cccc4c56)c3)nc(-c3cccc4c3oc3ccccc34)n2)c([2H])c1[2H].c1ccc(-c2nc(-c3ccc(N4c5ccccc5-c5cccc6cccc4c56)c4ccccc34)nc(-c3cccc4oc5ccccc5c34)n2)cc1. The van der Waals surface area contributed by atoms with Crippen molar-refractivity contribution in [1.29, 1.82) is 0 Å². The molecule has 6 aromatic heterocycles. The van der Waals surface area contributed by atoms with Crippen LogP contribution in [-0.2, 0) is 0 Å². The Labute approximate surface area is 867 Å². The summed E-state index contributed by atoms with van der Waals surface area (Å²) in [4.78, 5) is 51.5. The fraction of sp³-hybridized carbons (Fsp3) is 0. The van der Waals surface area contributed by atoms with Crippen molar-refractivity contribution in [3.05, 3.63) is 485 Å². The summed E-state index contributed by atoms with van der Waals surface area (Å²) in [5.74, 6) is 2.99. The van der Waals surface area contributed by atoms with E-state index in [0.29, 0.717) is 57.0 Å². The van der Waals surface area contributed by atoms with E-state index < -0.39 is 48.3 Å². The standard InChI is InChI=1S/C47H28N4O.C43H26N4O.C43H26N4S/c1-2-13-30(14-3-1)45-48-46(50-47(49-45)37-22-12-26-42-44(37)36-20-7-9-25-41(36)52-42)35-27-28-39(32-18-5-4-17-31(32)35)51-38-23-8-6-19-33(38)34-21-10-15-29-16-11-24-40(51)43(29)34;1-2-12-28(13-3-1)41-44-42(46-43(45-41)35-22-11-21-34-32-19-5-7-25-38(32)48-40(34)35)29-16-8-17-30(26-29)47-36-23-6-4-18-31(36)33-20-9-14-27-15-10-24-37(47)39(27)33;1-2-10-28(11-3-1)41-44-42(46-43(45-41)30-22-25-34-33-15-5-7-19-38(33)48-39(34)26-30)29-20-23-31(24-21-29)47-36-17-6-4-14-32(36)35-16-8-12-27-13-9-18-37(47)40(27)35/h1-28H;2*1-26H/i;1D,2D,3D,12D,13D;1D,2D,3D,10D,11D. The van der Waals surface area contributed by atoms with Crippen molar-refractivity contribution < 1.29 is 22.5 Å². The Bertz CT molecular complexity index is 10900. The Morgan fingerprint density at radius 3 is 1.18 bits per heavy atom. The molecule has 3 aliphatic heterocycles. The summed E-state index contributed by atoms with van der Waals surface area (Å²) in [6, 6.07) is 141. The van der Waals surface area contributed by atoms with Crippen molar-refractivity contribution in [2.75, 3.05) is 14.7 Å². The number of aromatic nitrogens is 9. The van der Waals surface area contributed by atoms with Gasteiger partial charge in [0.25, 0.3) is 0 Å². The molecule has 14 nitrogen and oxygen atoms in total. The van der Waals surface area contributed by atoms with Crippen molar-refractivity contribution in [3.8, 4) is 136 Å². The summed E-state index contributed by atoms with van der Waals surface area (Å²) < 4.78 is 99.6. The van der Waals surface area contributed by atoms with E-state index in [1.807, 2.05) is 182 Å². The average Bonchev–Trinajstić information content (AvgIpc) is 0.939. The second-order valence-corrected chi connectivity index (χ2v) is 37.6. The highest BCUT2D eigenvalue weighted by Crippen LogP contribution is 2.57. The van der Waals surface area contributed by atoms with Gasteiger partial charge < -0.3 is 23.5 Å². The van der Waals surface area contributed by atoms with Crippen LogP contribution in [0.1, 0.15) is 13.7 Å². The van der Waals surface area contributed by atoms with Crippen LogP contribution in [0.25, 0.3) is 243 Å². The van der Waals surface area contributed by atoms with E-state index in [0.717, 1.165) is 143 Å². The first kappa shape index (κ1) is 75.0. The van der Waals surface area contributed by atoms with Crippen LogP contribution in [0.5, 0.6) is 0 Å². The number of benzene rings is 22. The normalized spacial score (nSPS) is 13.1. The number of para-hydroxylation sites is 6. The molecule has 0 N–H and O–H groups in total. The van der Waals surface area contributed by atoms with Crippen molar-refractivity contribution in [2.45, 2.75) is 0 Å². The summed E-state index contributed by atoms with van der Waals surface area (Å²) in [7, 11) is 0. The van der Waals surface area contributed by atoms with Crippen LogP contribution in [0.2, 0.25) is 0 Å². The van der Waals surface area contributed by atoms with Gasteiger partial charge in [-0.05, 0) is 160 Å². The largest absolute Gasteiger partial charge is 0.456 e. The minimum Gasteiger partial charge on any atom is -0.456 e. The molecule has 0 radical (unpaired) electrons. The van der Waals surface area contributed by atoms with E-state index in [2.05, 4.69) is 257 Å². The first-order valence-corrected chi connectivity index (χ1v) is 49.5. The summed E-state index contributed by atoms with van der Waals surface area (Å²) in [6.07, 6.45) is 0. The molecule has 3 aliphatic rings. The molecule has 9 heterocycles. The first-order valence-electron chi connectivity index (χ1n) is 53.7. The topological polar surface area (TPSA) is 152 Å². The molecule has 0 fully saturated rings. The molecule has 0 saturated heterocycles. The summed E-state index contributed by atoms with van der Waals surface area (Å²) in [5, 5.41) is 15.5. The minimum atomic E-state index is -0.489. The highest BCUT2D eigenvalue weighted by Gasteiger charge is 2.33. The van der Waals surface area contributed by atoms with E-state index in [-0.39, 0.29) is 46.5 Å². The van der Waals surface area contributed by atoms with Crippen molar-refractivity contribution >= 4 is 170 Å². The Balaban J connectivity index is 0.000000109. The van der Waals surface area contributed by atoms with Crippen LogP contribution >= 0.6 is 11.3 Å². The fourth-order valence-corrected chi connectivity index (χ4v) is 22.7. The van der Waals surface area contributed by atoms with Gasteiger partial charge in [0.15, 0.2) is 52.4 Å². The fourth-order valence-electron chi connectivity index (χ4n) is 21.6. The van der Waals surface area contributed by atoms with Crippen LogP contribution in [-0.4, -0.2) is 44.9 Å². The number of hydrogen-bond donors (Lipinski definition) is 0. The molecular weight excluding hydrogens is 1830 g/mol. The summed E-state index contributed by atoms with van der Waals surface area (Å²) in [6.45, 7) is 0. The molecule has 0 unspecified atom stereocenters. The summed E-state index contributed by atoms with van der Waals surface area (Å²) in [5.41, 5.74) is 24.8. The van der Waals surface area contributed by atoms with Gasteiger partial charge in [-0.2, -0.15) is 0 Å². The van der Waals surface area contributed by atoms with E-state index in [4.69, 9.17) is 67.4 Å². The molecule has 0 aliphatic carbocycles. The molecule has 31 rings (SSSR count). The van der Waals surface area contributed by atoms with Gasteiger partial charge in [-0.25, -0.2) is 44.9 Å². The lowest BCUT2D eigenvalue weighted by molar-refractivity contribution is 0.669. The second kappa shape index (κ2) is 35.1. The molecule has 148 heavy (non-hydrogen) atoms. The van der Waals surface area contributed by atoms with Crippen LogP contribution in [0.15, 0.2) is 494 Å². The second-order valence-electron chi connectivity index (χ2n) is 36.5.